The molecular formula is C12H19N3O2. The maximum Gasteiger partial charge on any atom is 0.267 e. The second kappa shape index (κ2) is 5.93. The molecule has 0 spiro atoms. The van der Waals surface area contributed by atoms with E-state index in [0.717, 1.165) is 43.8 Å². The molecule has 1 aliphatic heterocycles. The van der Waals surface area contributed by atoms with Gasteiger partial charge in [-0.1, -0.05) is 0 Å². The molecule has 2 heterocycles. The molecule has 0 bridgehead atoms. The van der Waals surface area contributed by atoms with Crippen molar-refractivity contribution < 1.29 is 4.74 Å². The predicted molar refractivity (Wildman–Crippen MR) is 65.0 cm³/mol. The van der Waals surface area contributed by atoms with E-state index in [0.29, 0.717) is 13.2 Å². The zero-order valence-electron chi connectivity index (χ0n) is 10.2. The third-order valence-corrected chi connectivity index (χ3v) is 2.88. The first kappa shape index (κ1) is 12.3. The highest BCUT2D eigenvalue weighted by molar-refractivity contribution is 5.20. The first-order valence-electron chi connectivity index (χ1n) is 6.19. The summed E-state index contributed by atoms with van der Waals surface area (Å²) < 4.78 is 6.81. The minimum atomic E-state index is -0.0102. The van der Waals surface area contributed by atoms with E-state index in [4.69, 9.17) is 4.74 Å². The maximum atomic E-state index is 11.8. The summed E-state index contributed by atoms with van der Waals surface area (Å²) in [6, 6.07) is 1.70. The summed E-state index contributed by atoms with van der Waals surface area (Å²) in [6.45, 7) is 5.71. The number of hydrogen-bond donors (Lipinski definition) is 1. The summed E-state index contributed by atoms with van der Waals surface area (Å²) in [5.41, 5.74) is 2.09. The summed E-state index contributed by atoms with van der Waals surface area (Å²) in [4.78, 5) is 11.8. The lowest BCUT2D eigenvalue weighted by atomic mass is 10.1. The van der Waals surface area contributed by atoms with Gasteiger partial charge in [-0.2, -0.15) is 5.10 Å². The standard InChI is InChI=1S/C12H19N3O2/c1-2-17-7-3-6-15-12(16)8-10-9-13-5-4-11(10)14-15/h8,13H,2-7,9H2,1H3. The molecule has 0 saturated carbocycles. The Morgan fingerprint density at radius 1 is 1.59 bits per heavy atom. The van der Waals surface area contributed by atoms with Crippen LogP contribution in [-0.4, -0.2) is 29.5 Å². The molecule has 1 aromatic rings. The Hall–Kier alpha value is -1.20. The van der Waals surface area contributed by atoms with E-state index in [-0.39, 0.29) is 5.56 Å². The quantitative estimate of drug-likeness (QED) is 0.749. The largest absolute Gasteiger partial charge is 0.382 e. The van der Waals surface area contributed by atoms with Gasteiger partial charge in [0.15, 0.2) is 0 Å². The van der Waals surface area contributed by atoms with Crippen LogP contribution < -0.4 is 10.9 Å². The molecule has 0 aliphatic carbocycles. The maximum absolute atomic E-state index is 11.8. The van der Waals surface area contributed by atoms with Gasteiger partial charge in [0.2, 0.25) is 0 Å². The molecule has 1 N–H and O–H groups in total. The van der Waals surface area contributed by atoms with Crippen molar-refractivity contribution in [3.63, 3.8) is 0 Å². The van der Waals surface area contributed by atoms with Gasteiger partial charge < -0.3 is 10.1 Å². The van der Waals surface area contributed by atoms with Crippen molar-refractivity contribution in [2.45, 2.75) is 32.9 Å². The normalized spacial score (nSPS) is 14.6. The van der Waals surface area contributed by atoms with Crippen LogP contribution in [0.2, 0.25) is 0 Å². The molecule has 17 heavy (non-hydrogen) atoms. The van der Waals surface area contributed by atoms with Gasteiger partial charge in [0.25, 0.3) is 5.56 Å². The van der Waals surface area contributed by atoms with Crippen LogP contribution >= 0.6 is 0 Å². The van der Waals surface area contributed by atoms with Gasteiger partial charge in [0, 0.05) is 45.3 Å². The van der Waals surface area contributed by atoms with Gasteiger partial charge in [-0.3, -0.25) is 4.79 Å². The van der Waals surface area contributed by atoms with Crippen molar-refractivity contribution >= 4 is 0 Å². The van der Waals surface area contributed by atoms with Crippen LogP contribution in [-0.2, 0) is 24.2 Å². The fourth-order valence-corrected chi connectivity index (χ4v) is 1.98. The van der Waals surface area contributed by atoms with Gasteiger partial charge in [-0.15, -0.1) is 0 Å². The summed E-state index contributed by atoms with van der Waals surface area (Å²) in [7, 11) is 0. The Morgan fingerprint density at radius 3 is 3.29 bits per heavy atom. The fraction of sp³-hybridized carbons (Fsp3) is 0.667. The highest BCUT2D eigenvalue weighted by Gasteiger charge is 2.12. The monoisotopic (exact) mass is 237 g/mol. The highest BCUT2D eigenvalue weighted by atomic mass is 16.5. The average molecular weight is 237 g/mol. The first-order valence-corrected chi connectivity index (χ1v) is 6.19. The SMILES string of the molecule is CCOCCCn1nc2c(cc1=O)CNCC2. The van der Waals surface area contributed by atoms with E-state index in [1.54, 1.807) is 10.7 Å². The Labute approximate surface area is 101 Å². The van der Waals surface area contributed by atoms with E-state index in [1.807, 2.05) is 6.92 Å². The number of nitrogens with one attached hydrogen (secondary N) is 1. The third-order valence-electron chi connectivity index (χ3n) is 2.88. The van der Waals surface area contributed by atoms with Crippen molar-refractivity contribution in [1.29, 1.82) is 0 Å². The molecule has 5 nitrogen and oxygen atoms in total. The molecule has 0 unspecified atom stereocenters. The molecule has 0 fully saturated rings. The molecule has 0 saturated heterocycles. The summed E-state index contributed by atoms with van der Waals surface area (Å²) in [5, 5.41) is 7.66. The molecule has 5 heteroatoms. The van der Waals surface area contributed by atoms with Crippen LogP contribution in [0.1, 0.15) is 24.6 Å². The van der Waals surface area contributed by atoms with E-state index in [2.05, 4.69) is 10.4 Å². The van der Waals surface area contributed by atoms with Crippen molar-refractivity contribution in [2.75, 3.05) is 19.8 Å². The average Bonchev–Trinajstić information content (AvgIpc) is 2.35. The Balaban J connectivity index is 2.04. The zero-order chi connectivity index (χ0) is 12.1. The Bertz CT molecular complexity index is 428. The summed E-state index contributed by atoms with van der Waals surface area (Å²) in [5.74, 6) is 0. The van der Waals surface area contributed by atoms with Gasteiger partial charge in [-0.25, -0.2) is 4.68 Å². The minimum absolute atomic E-state index is 0.0102. The summed E-state index contributed by atoms with van der Waals surface area (Å²) >= 11 is 0. The number of aryl methyl sites for hydroxylation is 1. The fourth-order valence-electron chi connectivity index (χ4n) is 1.98. The molecule has 0 radical (unpaired) electrons. The van der Waals surface area contributed by atoms with E-state index >= 15 is 0 Å². The molecule has 94 valence electrons. The second-order valence-corrected chi connectivity index (χ2v) is 4.15. The van der Waals surface area contributed by atoms with Crippen molar-refractivity contribution in [2.24, 2.45) is 0 Å². The topological polar surface area (TPSA) is 56.2 Å². The molecule has 1 aliphatic rings. The van der Waals surface area contributed by atoms with Gasteiger partial charge in [0.1, 0.15) is 0 Å². The Morgan fingerprint density at radius 2 is 2.47 bits per heavy atom. The van der Waals surface area contributed by atoms with Crippen molar-refractivity contribution in [1.82, 2.24) is 15.1 Å². The van der Waals surface area contributed by atoms with E-state index in [9.17, 15) is 4.79 Å². The first-order chi connectivity index (χ1) is 8.31. The van der Waals surface area contributed by atoms with Crippen LogP contribution in [0.15, 0.2) is 10.9 Å². The van der Waals surface area contributed by atoms with E-state index in [1.165, 1.54) is 0 Å². The lowest BCUT2D eigenvalue weighted by molar-refractivity contribution is 0.140. The second-order valence-electron chi connectivity index (χ2n) is 4.15. The number of ether oxygens (including phenoxy) is 1. The predicted octanol–water partition coefficient (Wildman–Crippen LogP) is 0.316. The number of fused-ring (bicyclic) bond motifs is 1. The molecule has 0 aromatic carbocycles. The molecule has 0 atom stereocenters. The van der Waals surface area contributed by atoms with Gasteiger partial charge in [-0.05, 0) is 18.9 Å². The van der Waals surface area contributed by atoms with Crippen molar-refractivity contribution in [3.05, 3.63) is 27.7 Å². The van der Waals surface area contributed by atoms with Crippen LogP contribution in [0.3, 0.4) is 0 Å². The third kappa shape index (κ3) is 3.14. The Kier molecular flexibility index (Phi) is 4.28. The number of rotatable bonds is 5. The van der Waals surface area contributed by atoms with Crippen LogP contribution in [0.5, 0.6) is 0 Å². The zero-order valence-corrected chi connectivity index (χ0v) is 10.2. The van der Waals surface area contributed by atoms with Gasteiger partial charge in [0.05, 0.1) is 5.69 Å². The van der Waals surface area contributed by atoms with Crippen LogP contribution in [0.25, 0.3) is 0 Å². The number of nitrogens with zero attached hydrogens (tertiary/aromatic N) is 2. The lowest BCUT2D eigenvalue weighted by Crippen LogP contribution is -2.31. The molecule has 1 aromatic heterocycles. The lowest BCUT2D eigenvalue weighted by Gasteiger charge is -2.16. The summed E-state index contributed by atoms with van der Waals surface area (Å²) in [6.07, 6.45) is 1.73. The van der Waals surface area contributed by atoms with Gasteiger partial charge >= 0.3 is 0 Å². The van der Waals surface area contributed by atoms with Crippen molar-refractivity contribution in [3.8, 4) is 0 Å². The number of aromatic nitrogens is 2. The molecule has 2 rings (SSSR count). The van der Waals surface area contributed by atoms with E-state index < -0.39 is 0 Å². The van der Waals surface area contributed by atoms with Crippen LogP contribution in [0.4, 0.5) is 0 Å². The smallest absolute Gasteiger partial charge is 0.267 e. The van der Waals surface area contributed by atoms with Crippen LogP contribution in [0, 0.1) is 0 Å². The molecular weight excluding hydrogens is 218 g/mol. The number of hydrogen-bond acceptors (Lipinski definition) is 4. The minimum Gasteiger partial charge on any atom is -0.382 e. The highest BCUT2D eigenvalue weighted by Crippen LogP contribution is 2.07. The molecule has 0 amide bonds.